The molecule has 21 heavy (non-hydrogen) atoms. The van der Waals surface area contributed by atoms with E-state index in [1.807, 2.05) is 9.80 Å². The van der Waals surface area contributed by atoms with Crippen molar-refractivity contribution in [3.8, 4) is 0 Å². The zero-order valence-electron chi connectivity index (χ0n) is 13.0. The number of rotatable bonds is 3. The number of carbonyl (C=O) groups excluding carboxylic acids is 1. The van der Waals surface area contributed by atoms with E-state index in [-0.39, 0.29) is 6.03 Å². The van der Waals surface area contributed by atoms with Crippen molar-refractivity contribution in [2.45, 2.75) is 51.6 Å². The highest BCUT2D eigenvalue weighted by Crippen LogP contribution is 2.23. The smallest absolute Gasteiger partial charge is 0.320 e. The zero-order valence-corrected chi connectivity index (χ0v) is 13.0. The number of carboxylic acid groups (broad SMARTS) is 1. The molecule has 1 unspecified atom stereocenters. The van der Waals surface area contributed by atoms with E-state index in [4.69, 9.17) is 5.11 Å². The first kappa shape index (κ1) is 16.1. The molecule has 0 aromatic heterocycles. The fraction of sp³-hybridized carbons (Fsp3) is 0.867. The van der Waals surface area contributed by atoms with Gasteiger partial charge in [0, 0.05) is 32.2 Å². The zero-order chi connectivity index (χ0) is 15.4. The number of amides is 2. The van der Waals surface area contributed by atoms with Crippen LogP contribution in [0.2, 0.25) is 0 Å². The maximum Gasteiger partial charge on any atom is 0.320 e. The van der Waals surface area contributed by atoms with Crippen molar-refractivity contribution in [1.82, 2.24) is 15.1 Å². The Balaban J connectivity index is 1.74. The first-order chi connectivity index (χ1) is 9.97. The van der Waals surface area contributed by atoms with E-state index in [0.29, 0.717) is 32.2 Å². The van der Waals surface area contributed by atoms with Crippen LogP contribution in [0.15, 0.2) is 0 Å². The molecule has 2 rings (SSSR count). The Morgan fingerprint density at radius 3 is 2.19 bits per heavy atom. The molecule has 2 aliphatic rings. The van der Waals surface area contributed by atoms with E-state index in [9.17, 15) is 9.59 Å². The average Bonchev–Trinajstić information content (AvgIpc) is 2.49. The molecule has 6 nitrogen and oxygen atoms in total. The number of carbonyl (C=O) groups is 2. The molecule has 1 saturated heterocycles. The van der Waals surface area contributed by atoms with Crippen LogP contribution in [-0.4, -0.2) is 65.2 Å². The van der Waals surface area contributed by atoms with Crippen molar-refractivity contribution in [3.05, 3.63) is 0 Å². The fourth-order valence-corrected chi connectivity index (χ4v) is 3.14. The lowest BCUT2D eigenvalue weighted by Crippen LogP contribution is -2.56. The second-order valence-corrected chi connectivity index (χ2v) is 6.44. The number of piperazine rings is 1. The Hall–Kier alpha value is -1.30. The van der Waals surface area contributed by atoms with Gasteiger partial charge in [-0.2, -0.15) is 0 Å². The molecule has 0 radical (unpaired) electrons. The van der Waals surface area contributed by atoms with Gasteiger partial charge < -0.3 is 15.3 Å². The molecular weight excluding hydrogens is 270 g/mol. The fourth-order valence-electron chi connectivity index (χ4n) is 3.14. The minimum absolute atomic E-state index is 0.0113. The van der Waals surface area contributed by atoms with Gasteiger partial charge in [0.25, 0.3) is 0 Å². The number of aliphatic carboxylic acids is 1. The van der Waals surface area contributed by atoms with Crippen molar-refractivity contribution < 1.29 is 14.7 Å². The van der Waals surface area contributed by atoms with Gasteiger partial charge in [0.2, 0.25) is 0 Å². The molecule has 120 valence electrons. The molecule has 1 heterocycles. The largest absolute Gasteiger partial charge is 0.480 e. The Morgan fingerprint density at radius 2 is 1.67 bits per heavy atom. The Kier molecular flexibility index (Phi) is 5.45. The molecule has 2 N–H and O–H groups in total. The number of hydrogen-bond acceptors (Lipinski definition) is 3. The molecule has 0 bridgehead atoms. The van der Waals surface area contributed by atoms with Crippen molar-refractivity contribution in [2.24, 2.45) is 5.92 Å². The summed E-state index contributed by atoms with van der Waals surface area (Å²) in [6.45, 7) is 6.42. The van der Waals surface area contributed by atoms with Crippen molar-refractivity contribution >= 4 is 12.0 Å². The first-order valence-corrected chi connectivity index (χ1v) is 7.99. The third kappa shape index (κ3) is 4.33. The van der Waals surface area contributed by atoms with E-state index in [0.717, 1.165) is 18.8 Å². The molecular formula is C15H27N3O3. The maximum absolute atomic E-state index is 12.2. The van der Waals surface area contributed by atoms with Gasteiger partial charge in [-0.1, -0.05) is 6.92 Å². The second-order valence-electron chi connectivity index (χ2n) is 6.44. The highest BCUT2D eigenvalue weighted by Gasteiger charge is 2.28. The van der Waals surface area contributed by atoms with Gasteiger partial charge >= 0.3 is 12.0 Å². The van der Waals surface area contributed by atoms with Crippen LogP contribution in [0.3, 0.4) is 0 Å². The van der Waals surface area contributed by atoms with Crippen LogP contribution in [0.1, 0.15) is 39.5 Å². The van der Waals surface area contributed by atoms with Gasteiger partial charge in [0.15, 0.2) is 0 Å². The SMILES string of the molecule is CC1CCC(NC(=O)N2CCN(C(C)C(=O)O)CC2)CC1. The summed E-state index contributed by atoms with van der Waals surface area (Å²) in [6, 6.07) is -0.156. The number of carboxylic acids is 1. The Bertz CT molecular complexity index is 372. The topological polar surface area (TPSA) is 72.9 Å². The standard InChI is InChI=1S/C15H27N3O3/c1-11-3-5-13(6-4-11)16-15(21)18-9-7-17(8-10-18)12(2)14(19)20/h11-13H,3-10H2,1-2H3,(H,16,21)(H,19,20). The summed E-state index contributed by atoms with van der Waals surface area (Å²) in [5.74, 6) is -0.0246. The molecule has 1 aliphatic carbocycles. The molecule has 0 aromatic carbocycles. The van der Waals surface area contributed by atoms with Crippen LogP contribution < -0.4 is 5.32 Å². The van der Waals surface area contributed by atoms with E-state index >= 15 is 0 Å². The van der Waals surface area contributed by atoms with Gasteiger partial charge in [-0.25, -0.2) is 4.79 Å². The lowest BCUT2D eigenvalue weighted by atomic mass is 9.87. The number of nitrogens with zero attached hydrogens (tertiary/aromatic N) is 2. The Morgan fingerprint density at radius 1 is 1.10 bits per heavy atom. The second kappa shape index (κ2) is 7.11. The average molecular weight is 297 g/mol. The summed E-state index contributed by atoms with van der Waals surface area (Å²) >= 11 is 0. The lowest BCUT2D eigenvalue weighted by Gasteiger charge is -2.37. The highest BCUT2D eigenvalue weighted by molar-refractivity contribution is 5.75. The molecule has 2 amide bonds. The molecule has 1 aliphatic heterocycles. The van der Waals surface area contributed by atoms with E-state index in [2.05, 4.69) is 12.2 Å². The minimum Gasteiger partial charge on any atom is -0.480 e. The van der Waals surface area contributed by atoms with Crippen LogP contribution in [0.25, 0.3) is 0 Å². The Labute approximate surface area is 126 Å². The van der Waals surface area contributed by atoms with Crippen LogP contribution in [0, 0.1) is 5.92 Å². The minimum atomic E-state index is -0.802. The van der Waals surface area contributed by atoms with Crippen molar-refractivity contribution in [1.29, 1.82) is 0 Å². The third-order valence-corrected chi connectivity index (χ3v) is 4.85. The summed E-state index contributed by atoms with van der Waals surface area (Å²) < 4.78 is 0. The predicted octanol–water partition coefficient (Wildman–Crippen LogP) is 1.37. The lowest BCUT2D eigenvalue weighted by molar-refractivity contribution is -0.143. The predicted molar refractivity (Wildman–Crippen MR) is 80.2 cm³/mol. The van der Waals surface area contributed by atoms with E-state index in [1.165, 1.54) is 12.8 Å². The first-order valence-electron chi connectivity index (χ1n) is 7.99. The van der Waals surface area contributed by atoms with Gasteiger partial charge in [0.1, 0.15) is 6.04 Å². The van der Waals surface area contributed by atoms with E-state index < -0.39 is 12.0 Å². The van der Waals surface area contributed by atoms with Crippen LogP contribution in [0.5, 0.6) is 0 Å². The van der Waals surface area contributed by atoms with Gasteiger partial charge in [-0.05, 0) is 38.5 Å². The summed E-state index contributed by atoms with van der Waals surface area (Å²) in [6.07, 6.45) is 4.52. The van der Waals surface area contributed by atoms with Crippen molar-refractivity contribution in [2.75, 3.05) is 26.2 Å². The van der Waals surface area contributed by atoms with Gasteiger partial charge in [-0.3, -0.25) is 9.69 Å². The molecule has 2 fully saturated rings. The van der Waals surface area contributed by atoms with Crippen LogP contribution in [-0.2, 0) is 4.79 Å². The van der Waals surface area contributed by atoms with Crippen LogP contribution >= 0.6 is 0 Å². The van der Waals surface area contributed by atoms with Gasteiger partial charge in [0.05, 0.1) is 0 Å². The molecule has 0 spiro atoms. The van der Waals surface area contributed by atoms with Gasteiger partial charge in [-0.15, -0.1) is 0 Å². The molecule has 1 saturated carbocycles. The summed E-state index contributed by atoms with van der Waals surface area (Å²) in [4.78, 5) is 26.9. The quantitative estimate of drug-likeness (QED) is 0.825. The summed E-state index contributed by atoms with van der Waals surface area (Å²) in [5.41, 5.74) is 0. The summed E-state index contributed by atoms with van der Waals surface area (Å²) in [7, 11) is 0. The van der Waals surface area contributed by atoms with Crippen molar-refractivity contribution in [3.63, 3.8) is 0 Å². The number of hydrogen-bond donors (Lipinski definition) is 2. The highest BCUT2D eigenvalue weighted by atomic mass is 16.4. The van der Waals surface area contributed by atoms with E-state index in [1.54, 1.807) is 6.92 Å². The monoisotopic (exact) mass is 297 g/mol. The molecule has 6 heteroatoms. The molecule has 0 aromatic rings. The summed E-state index contributed by atoms with van der Waals surface area (Å²) in [5, 5.41) is 12.1. The normalized spacial score (nSPS) is 29.0. The maximum atomic E-state index is 12.2. The third-order valence-electron chi connectivity index (χ3n) is 4.85. The van der Waals surface area contributed by atoms with Crippen LogP contribution in [0.4, 0.5) is 4.79 Å². The number of nitrogens with one attached hydrogen (secondary N) is 1. The number of urea groups is 1. The molecule has 1 atom stereocenters.